The van der Waals surface area contributed by atoms with Gasteiger partial charge in [-0.3, -0.25) is 10.1 Å². The summed E-state index contributed by atoms with van der Waals surface area (Å²) >= 11 is 0. The number of ether oxygens (including phenoxy) is 1. The van der Waals surface area contributed by atoms with Crippen LogP contribution in [-0.2, 0) is 6.54 Å². The fraction of sp³-hybridized carbons (Fsp3) is 0.158. The number of aryl methyl sites for hydroxylation is 1. The zero-order valence-electron chi connectivity index (χ0n) is 14.5. The topological polar surface area (TPSA) is 90.2 Å². The van der Waals surface area contributed by atoms with Crippen LogP contribution in [0.4, 0.5) is 11.5 Å². The Labute approximate surface area is 150 Å². The van der Waals surface area contributed by atoms with Gasteiger partial charge >= 0.3 is 0 Å². The van der Waals surface area contributed by atoms with E-state index in [2.05, 4.69) is 15.3 Å². The van der Waals surface area contributed by atoms with E-state index >= 15 is 0 Å². The van der Waals surface area contributed by atoms with E-state index in [1.165, 1.54) is 12.1 Å². The number of nitrogens with zero attached hydrogens (tertiary/aromatic N) is 3. The Balaban J connectivity index is 1.86. The molecule has 132 valence electrons. The van der Waals surface area contributed by atoms with Crippen molar-refractivity contribution in [3.8, 4) is 17.1 Å². The normalized spacial score (nSPS) is 10.4. The van der Waals surface area contributed by atoms with Crippen molar-refractivity contribution in [2.75, 3.05) is 12.4 Å². The van der Waals surface area contributed by atoms with Gasteiger partial charge in [0.05, 0.1) is 12.0 Å². The Morgan fingerprint density at radius 2 is 1.92 bits per heavy atom. The van der Waals surface area contributed by atoms with E-state index in [9.17, 15) is 10.1 Å². The van der Waals surface area contributed by atoms with Crippen molar-refractivity contribution in [1.82, 2.24) is 9.97 Å². The Hall–Kier alpha value is -3.48. The Morgan fingerprint density at radius 3 is 2.69 bits per heavy atom. The SMILES string of the molecule is COc1ccccc1CNc1cc(C)nc(-c2cccc([N+](=O)[O-])c2)n1. The van der Waals surface area contributed by atoms with Crippen molar-refractivity contribution in [3.05, 3.63) is 76.0 Å². The number of methoxy groups -OCH3 is 1. The number of para-hydroxylation sites is 1. The van der Waals surface area contributed by atoms with Gasteiger partial charge in [-0.1, -0.05) is 30.3 Å². The van der Waals surface area contributed by atoms with Gasteiger partial charge in [0.2, 0.25) is 0 Å². The second kappa shape index (κ2) is 7.60. The van der Waals surface area contributed by atoms with Crippen LogP contribution in [0.25, 0.3) is 11.4 Å². The predicted octanol–water partition coefficient (Wildman–Crippen LogP) is 3.98. The van der Waals surface area contributed by atoms with Crippen LogP contribution < -0.4 is 10.1 Å². The molecule has 0 unspecified atom stereocenters. The molecule has 0 aliphatic rings. The summed E-state index contributed by atoms with van der Waals surface area (Å²) in [5.41, 5.74) is 2.38. The van der Waals surface area contributed by atoms with E-state index in [0.29, 0.717) is 23.8 Å². The zero-order valence-corrected chi connectivity index (χ0v) is 14.5. The van der Waals surface area contributed by atoms with Gasteiger partial charge in [0.25, 0.3) is 5.69 Å². The molecule has 3 aromatic rings. The molecule has 0 atom stereocenters. The third-order valence-corrected chi connectivity index (χ3v) is 3.82. The van der Waals surface area contributed by atoms with Gasteiger partial charge in [0.15, 0.2) is 5.82 Å². The first-order valence-corrected chi connectivity index (χ1v) is 8.03. The molecule has 0 saturated carbocycles. The van der Waals surface area contributed by atoms with E-state index in [1.54, 1.807) is 19.2 Å². The van der Waals surface area contributed by atoms with Crippen LogP contribution in [0.1, 0.15) is 11.3 Å². The Kier molecular flexibility index (Phi) is 5.07. The van der Waals surface area contributed by atoms with E-state index in [0.717, 1.165) is 17.0 Å². The average Bonchev–Trinajstić information content (AvgIpc) is 2.66. The molecule has 0 aliphatic carbocycles. The molecule has 0 spiro atoms. The predicted molar refractivity (Wildman–Crippen MR) is 99.2 cm³/mol. The Morgan fingerprint density at radius 1 is 1.12 bits per heavy atom. The maximum Gasteiger partial charge on any atom is 0.270 e. The number of nitrogens with one attached hydrogen (secondary N) is 1. The summed E-state index contributed by atoms with van der Waals surface area (Å²) in [6, 6.07) is 15.9. The lowest BCUT2D eigenvalue weighted by Gasteiger charge is -2.11. The third-order valence-electron chi connectivity index (χ3n) is 3.82. The first kappa shape index (κ1) is 17.3. The highest BCUT2D eigenvalue weighted by atomic mass is 16.6. The minimum Gasteiger partial charge on any atom is -0.496 e. The van der Waals surface area contributed by atoms with Crippen LogP contribution in [0.2, 0.25) is 0 Å². The molecular weight excluding hydrogens is 332 g/mol. The Bertz CT molecular complexity index is 944. The lowest BCUT2D eigenvalue weighted by Crippen LogP contribution is -2.05. The minimum absolute atomic E-state index is 0.0103. The first-order chi connectivity index (χ1) is 12.6. The average molecular weight is 350 g/mol. The molecule has 1 aromatic heterocycles. The highest BCUT2D eigenvalue weighted by Crippen LogP contribution is 2.23. The van der Waals surface area contributed by atoms with Crippen LogP contribution >= 0.6 is 0 Å². The van der Waals surface area contributed by atoms with Crippen molar-refractivity contribution >= 4 is 11.5 Å². The second-order valence-electron chi connectivity index (χ2n) is 5.69. The van der Waals surface area contributed by atoms with Crippen molar-refractivity contribution in [2.45, 2.75) is 13.5 Å². The number of hydrogen-bond donors (Lipinski definition) is 1. The summed E-state index contributed by atoms with van der Waals surface area (Å²) in [6.45, 7) is 2.39. The summed E-state index contributed by atoms with van der Waals surface area (Å²) < 4.78 is 5.35. The lowest BCUT2D eigenvalue weighted by atomic mass is 10.2. The smallest absolute Gasteiger partial charge is 0.270 e. The maximum absolute atomic E-state index is 11.0. The molecule has 0 saturated heterocycles. The van der Waals surface area contributed by atoms with E-state index < -0.39 is 4.92 Å². The number of nitro benzene ring substituents is 1. The van der Waals surface area contributed by atoms with Gasteiger partial charge in [-0.15, -0.1) is 0 Å². The van der Waals surface area contributed by atoms with Gasteiger partial charge < -0.3 is 10.1 Å². The summed E-state index contributed by atoms with van der Waals surface area (Å²) in [4.78, 5) is 19.4. The summed E-state index contributed by atoms with van der Waals surface area (Å²) in [5, 5.41) is 14.2. The summed E-state index contributed by atoms with van der Waals surface area (Å²) in [5.74, 6) is 1.88. The molecular formula is C19H18N4O3. The van der Waals surface area contributed by atoms with E-state index in [4.69, 9.17) is 4.74 Å². The van der Waals surface area contributed by atoms with Crippen LogP contribution in [0.5, 0.6) is 5.75 Å². The van der Waals surface area contributed by atoms with Gasteiger partial charge in [-0.25, -0.2) is 9.97 Å². The largest absolute Gasteiger partial charge is 0.496 e. The van der Waals surface area contributed by atoms with Gasteiger partial charge in [0, 0.05) is 41.6 Å². The molecule has 3 rings (SSSR count). The van der Waals surface area contributed by atoms with Crippen molar-refractivity contribution < 1.29 is 9.66 Å². The third kappa shape index (κ3) is 3.94. The molecule has 7 heteroatoms. The van der Waals surface area contributed by atoms with Crippen molar-refractivity contribution in [3.63, 3.8) is 0 Å². The van der Waals surface area contributed by atoms with Crippen molar-refractivity contribution in [1.29, 1.82) is 0 Å². The molecule has 0 aliphatic heterocycles. The van der Waals surface area contributed by atoms with E-state index in [1.807, 2.05) is 37.3 Å². The minimum atomic E-state index is -0.430. The summed E-state index contributed by atoms with van der Waals surface area (Å²) in [7, 11) is 1.63. The quantitative estimate of drug-likeness (QED) is 0.534. The highest BCUT2D eigenvalue weighted by molar-refractivity contribution is 5.61. The van der Waals surface area contributed by atoms with Crippen LogP contribution in [0.3, 0.4) is 0 Å². The molecule has 0 radical (unpaired) electrons. The van der Waals surface area contributed by atoms with Crippen LogP contribution in [0, 0.1) is 17.0 Å². The number of benzene rings is 2. The highest BCUT2D eigenvalue weighted by Gasteiger charge is 2.11. The standard InChI is InChI=1S/C19H18N4O3/c1-13-10-18(20-12-15-6-3-4-9-17(15)26-2)22-19(21-13)14-7-5-8-16(11-14)23(24)25/h3-11H,12H2,1-2H3,(H,20,21,22). The molecule has 0 amide bonds. The fourth-order valence-corrected chi connectivity index (χ4v) is 2.58. The van der Waals surface area contributed by atoms with Gasteiger partial charge in [-0.2, -0.15) is 0 Å². The van der Waals surface area contributed by atoms with E-state index in [-0.39, 0.29) is 5.69 Å². The zero-order chi connectivity index (χ0) is 18.5. The number of anilines is 1. The lowest BCUT2D eigenvalue weighted by molar-refractivity contribution is -0.384. The maximum atomic E-state index is 11.0. The second-order valence-corrected chi connectivity index (χ2v) is 5.69. The molecule has 0 bridgehead atoms. The number of rotatable bonds is 6. The number of nitro groups is 1. The van der Waals surface area contributed by atoms with Crippen LogP contribution in [0.15, 0.2) is 54.6 Å². The monoisotopic (exact) mass is 350 g/mol. The first-order valence-electron chi connectivity index (χ1n) is 8.03. The number of aromatic nitrogens is 2. The molecule has 26 heavy (non-hydrogen) atoms. The molecule has 0 fully saturated rings. The summed E-state index contributed by atoms with van der Waals surface area (Å²) in [6.07, 6.45) is 0. The van der Waals surface area contributed by atoms with Crippen molar-refractivity contribution in [2.24, 2.45) is 0 Å². The van der Waals surface area contributed by atoms with Gasteiger partial charge in [0.1, 0.15) is 11.6 Å². The van der Waals surface area contributed by atoms with Gasteiger partial charge in [-0.05, 0) is 13.0 Å². The molecule has 1 N–H and O–H groups in total. The number of non-ortho nitro benzene ring substituents is 1. The molecule has 1 heterocycles. The molecule has 2 aromatic carbocycles. The number of hydrogen-bond acceptors (Lipinski definition) is 6. The molecule has 7 nitrogen and oxygen atoms in total. The fourth-order valence-electron chi connectivity index (χ4n) is 2.58. The van der Waals surface area contributed by atoms with Crippen LogP contribution in [-0.4, -0.2) is 22.0 Å².